The van der Waals surface area contributed by atoms with Crippen LogP contribution in [0.1, 0.15) is 11.1 Å². The summed E-state index contributed by atoms with van der Waals surface area (Å²) in [6.45, 7) is 4.32. The summed E-state index contributed by atoms with van der Waals surface area (Å²) < 4.78 is 45.4. The highest BCUT2D eigenvalue weighted by molar-refractivity contribution is 5.75. The average molecular weight is 403 g/mol. The second-order valence-corrected chi connectivity index (χ2v) is 6.69. The third-order valence-electron chi connectivity index (χ3n) is 4.72. The van der Waals surface area contributed by atoms with Crippen LogP contribution in [0.25, 0.3) is 11.1 Å². The molecule has 0 radical (unpaired) electrons. The Morgan fingerprint density at radius 2 is 1.76 bits per heavy atom. The lowest BCUT2D eigenvalue weighted by Crippen LogP contribution is -2.22. The van der Waals surface area contributed by atoms with Crippen molar-refractivity contribution in [2.45, 2.75) is 18.4 Å². The topological polar surface area (TPSA) is 52.9 Å². The molecule has 0 amide bonds. The van der Waals surface area contributed by atoms with Crippen LogP contribution >= 0.6 is 0 Å². The van der Waals surface area contributed by atoms with Crippen LogP contribution in [0.2, 0.25) is 0 Å². The van der Waals surface area contributed by atoms with Crippen LogP contribution in [-0.2, 0) is 6.18 Å². The van der Waals surface area contributed by atoms with Crippen molar-refractivity contribution in [3.63, 3.8) is 0 Å². The van der Waals surface area contributed by atoms with E-state index in [1.807, 2.05) is 0 Å². The first-order valence-electron chi connectivity index (χ1n) is 8.87. The number of halogens is 3. The van der Waals surface area contributed by atoms with Gasteiger partial charge in [-0.2, -0.15) is 13.2 Å². The molecule has 2 N–H and O–H groups in total. The van der Waals surface area contributed by atoms with E-state index in [1.165, 1.54) is 19.2 Å². The summed E-state index contributed by atoms with van der Waals surface area (Å²) in [7, 11) is 1.39. The van der Waals surface area contributed by atoms with Crippen molar-refractivity contribution in [2.24, 2.45) is 0 Å². The first-order valence-corrected chi connectivity index (χ1v) is 8.87. The quantitative estimate of drug-likeness (QED) is 0.773. The van der Waals surface area contributed by atoms with E-state index in [0.717, 1.165) is 6.07 Å². The molecule has 0 aromatic heterocycles. The molecule has 1 aliphatic heterocycles. The number of benzene rings is 2. The Bertz CT molecular complexity index is 965. The van der Waals surface area contributed by atoms with Crippen molar-refractivity contribution in [3.05, 3.63) is 65.9 Å². The van der Waals surface area contributed by atoms with E-state index in [-0.39, 0.29) is 24.4 Å². The first kappa shape index (κ1) is 20.8. The largest absolute Gasteiger partial charge is 0.496 e. The van der Waals surface area contributed by atoms with E-state index in [4.69, 9.17) is 4.74 Å². The molecule has 3 rings (SSSR count). The molecule has 2 aromatic rings. The SMILES string of the molecule is C=C(C#Cc1ccc(-c2ccccc2C(F)(F)F)c(OC)c1)N1CC(O)[C@H](O)C1. The van der Waals surface area contributed by atoms with Gasteiger partial charge in [0, 0.05) is 24.2 Å². The smallest absolute Gasteiger partial charge is 0.417 e. The fourth-order valence-corrected chi connectivity index (χ4v) is 3.17. The second kappa shape index (κ2) is 8.19. The number of hydrogen-bond acceptors (Lipinski definition) is 4. The van der Waals surface area contributed by atoms with Gasteiger partial charge in [0.25, 0.3) is 0 Å². The van der Waals surface area contributed by atoms with Gasteiger partial charge in [0.1, 0.15) is 5.75 Å². The maximum Gasteiger partial charge on any atom is 0.417 e. The summed E-state index contributed by atoms with van der Waals surface area (Å²) in [5, 5.41) is 19.2. The van der Waals surface area contributed by atoms with Crippen LogP contribution in [0.4, 0.5) is 13.2 Å². The molecule has 1 saturated heterocycles. The lowest BCUT2D eigenvalue weighted by molar-refractivity contribution is -0.137. The van der Waals surface area contributed by atoms with Crippen molar-refractivity contribution in [1.29, 1.82) is 0 Å². The summed E-state index contributed by atoms with van der Waals surface area (Å²) >= 11 is 0. The second-order valence-electron chi connectivity index (χ2n) is 6.69. The number of aliphatic hydroxyl groups is 2. The maximum atomic E-state index is 13.3. The van der Waals surface area contributed by atoms with E-state index in [1.54, 1.807) is 29.2 Å². The standard InChI is InChI=1S/C22H20F3NO3/c1-14(26-12-19(27)20(28)13-26)7-8-15-9-10-17(21(11-15)29-2)16-5-3-4-6-18(16)22(23,24)25/h3-6,9-11,19-20,27-28H,1,12-13H2,2H3/t19-,20?/m1/s1. The number of aliphatic hydroxyl groups excluding tert-OH is 2. The Hall–Kier alpha value is -2.95. The molecule has 2 aromatic carbocycles. The molecule has 1 fully saturated rings. The normalized spacial score (nSPS) is 18.9. The number of methoxy groups -OCH3 is 1. The number of nitrogens with zero attached hydrogens (tertiary/aromatic N) is 1. The van der Waals surface area contributed by atoms with Crippen molar-refractivity contribution < 1.29 is 28.1 Å². The van der Waals surface area contributed by atoms with Crippen LogP contribution in [0.5, 0.6) is 5.75 Å². The number of alkyl halides is 3. The number of likely N-dealkylation sites (tertiary alicyclic amines) is 1. The minimum atomic E-state index is -4.48. The molecular formula is C22H20F3NO3. The molecular weight excluding hydrogens is 383 g/mol. The van der Waals surface area contributed by atoms with Crippen molar-refractivity contribution in [3.8, 4) is 28.7 Å². The lowest BCUT2D eigenvalue weighted by Gasteiger charge is -2.16. The summed E-state index contributed by atoms with van der Waals surface area (Å²) in [4.78, 5) is 1.67. The molecule has 0 spiro atoms. The van der Waals surface area contributed by atoms with Crippen LogP contribution in [0, 0.1) is 11.8 Å². The van der Waals surface area contributed by atoms with E-state index in [0.29, 0.717) is 16.8 Å². The lowest BCUT2D eigenvalue weighted by atomic mass is 9.97. The van der Waals surface area contributed by atoms with Crippen LogP contribution < -0.4 is 4.74 Å². The fourth-order valence-electron chi connectivity index (χ4n) is 3.17. The van der Waals surface area contributed by atoms with Gasteiger partial charge in [-0.05, 0) is 35.7 Å². The Morgan fingerprint density at radius 3 is 2.38 bits per heavy atom. The van der Waals surface area contributed by atoms with Crippen molar-refractivity contribution >= 4 is 0 Å². The minimum Gasteiger partial charge on any atom is -0.496 e. The highest BCUT2D eigenvalue weighted by Crippen LogP contribution is 2.40. The zero-order valence-corrected chi connectivity index (χ0v) is 15.7. The van der Waals surface area contributed by atoms with Gasteiger partial charge in [0.2, 0.25) is 0 Å². The zero-order valence-electron chi connectivity index (χ0n) is 15.7. The molecule has 1 heterocycles. The highest BCUT2D eigenvalue weighted by atomic mass is 19.4. The van der Waals surface area contributed by atoms with E-state index in [2.05, 4.69) is 18.4 Å². The summed E-state index contributed by atoms with van der Waals surface area (Å²) in [5.74, 6) is 6.01. The predicted molar refractivity (Wildman–Crippen MR) is 103 cm³/mol. The molecule has 4 nitrogen and oxygen atoms in total. The van der Waals surface area contributed by atoms with Gasteiger partial charge < -0.3 is 19.8 Å². The Morgan fingerprint density at radius 1 is 1.10 bits per heavy atom. The molecule has 2 atom stereocenters. The molecule has 1 aliphatic rings. The number of β-amino-alcohol motifs (C(OH)–C–C–N with tert-alkyl or cyclic N) is 2. The Kier molecular flexibility index (Phi) is 5.87. The minimum absolute atomic E-state index is 0.0285. The first-order chi connectivity index (χ1) is 13.7. The molecule has 152 valence electrons. The highest BCUT2D eigenvalue weighted by Gasteiger charge is 2.34. The molecule has 0 aliphatic carbocycles. The van der Waals surface area contributed by atoms with Gasteiger partial charge in [-0.15, -0.1) is 0 Å². The molecule has 0 saturated carbocycles. The number of ether oxygens (including phenoxy) is 1. The van der Waals surface area contributed by atoms with Gasteiger partial charge in [-0.3, -0.25) is 0 Å². The van der Waals surface area contributed by atoms with Gasteiger partial charge in [-0.25, -0.2) is 0 Å². The molecule has 29 heavy (non-hydrogen) atoms. The Labute approximate surface area is 166 Å². The summed E-state index contributed by atoms with van der Waals surface area (Å²) in [6.07, 6.45) is -6.17. The van der Waals surface area contributed by atoms with Crippen LogP contribution in [0.3, 0.4) is 0 Å². The van der Waals surface area contributed by atoms with Gasteiger partial charge in [0.05, 0.1) is 30.6 Å². The Balaban J connectivity index is 1.89. The van der Waals surface area contributed by atoms with Crippen LogP contribution in [-0.4, -0.2) is 47.5 Å². The average Bonchev–Trinajstić information content (AvgIpc) is 3.04. The predicted octanol–water partition coefficient (Wildman–Crippen LogP) is 3.28. The molecule has 0 bridgehead atoms. The molecule has 1 unspecified atom stereocenters. The van der Waals surface area contributed by atoms with Crippen molar-refractivity contribution in [2.75, 3.05) is 20.2 Å². The number of rotatable bonds is 3. The van der Waals surface area contributed by atoms with Gasteiger partial charge >= 0.3 is 6.18 Å². The van der Waals surface area contributed by atoms with Gasteiger partial charge in [0.15, 0.2) is 0 Å². The molecule has 7 heteroatoms. The van der Waals surface area contributed by atoms with Crippen molar-refractivity contribution in [1.82, 2.24) is 4.90 Å². The third kappa shape index (κ3) is 4.56. The van der Waals surface area contributed by atoms with E-state index >= 15 is 0 Å². The number of hydrogen-bond donors (Lipinski definition) is 2. The summed E-state index contributed by atoms with van der Waals surface area (Å²) in [6, 6.07) is 10.0. The number of allylic oxidation sites excluding steroid dienone is 1. The van der Waals surface area contributed by atoms with E-state index < -0.39 is 23.9 Å². The third-order valence-corrected chi connectivity index (χ3v) is 4.72. The van der Waals surface area contributed by atoms with Gasteiger partial charge in [-0.1, -0.05) is 30.7 Å². The van der Waals surface area contributed by atoms with Crippen LogP contribution in [0.15, 0.2) is 54.7 Å². The maximum absolute atomic E-state index is 13.3. The fraction of sp³-hybridized carbons (Fsp3) is 0.273. The van der Waals surface area contributed by atoms with E-state index in [9.17, 15) is 23.4 Å². The monoisotopic (exact) mass is 403 g/mol. The zero-order chi connectivity index (χ0) is 21.2. The summed E-state index contributed by atoms with van der Waals surface area (Å²) in [5.41, 5.74) is 0.579.